The molecule has 0 amide bonds. The third kappa shape index (κ3) is 2.17. The maximum absolute atomic E-state index is 11.4. The Hall–Kier alpha value is -1.38. The average molecular weight is 224 g/mol. The summed E-state index contributed by atoms with van der Waals surface area (Å²) < 4.78 is 15.5. The largest absolute Gasteiger partial charge is 0.388 e. The molecule has 1 N–H and O–H groups in total. The Morgan fingerprint density at radius 1 is 1.27 bits per heavy atom. The van der Waals surface area contributed by atoms with Crippen LogP contribution in [-0.4, -0.2) is 17.0 Å². The minimum Gasteiger partial charge on any atom is -0.388 e. The molecule has 1 atom stereocenters. The van der Waals surface area contributed by atoms with Gasteiger partial charge in [0, 0.05) is 0 Å². The van der Waals surface area contributed by atoms with Crippen molar-refractivity contribution >= 4 is 19.1 Å². The van der Waals surface area contributed by atoms with Gasteiger partial charge in [0.2, 0.25) is 0 Å². The first-order chi connectivity index (χ1) is 7.08. The minimum atomic E-state index is -3.73. The number of hydrogen-bond acceptors (Lipinski definition) is 3. The summed E-state index contributed by atoms with van der Waals surface area (Å²) in [5.41, 5.74) is 1.04. The lowest BCUT2D eigenvalue weighted by Crippen LogP contribution is -2.12. The maximum Gasteiger partial charge on any atom is 0.382 e. The quantitative estimate of drug-likeness (QED) is 0.739. The van der Waals surface area contributed by atoms with E-state index in [9.17, 15) is 9.36 Å². The van der Waals surface area contributed by atoms with Crippen LogP contribution in [0.25, 0.3) is 5.57 Å². The van der Waals surface area contributed by atoms with Crippen LogP contribution in [0.15, 0.2) is 36.4 Å². The zero-order valence-corrected chi connectivity index (χ0v) is 8.68. The van der Waals surface area contributed by atoms with Crippen LogP contribution in [0, 0.1) is 0 Å². The first-order valence-corrected chi connectivity index (χ1v) is 6.16. The molecule has 1 aliphatic heterocycles. The molecule has 1 aromatic carbocycles. The van der Waals surface area contributed by atoms with Crippen LogP contribution in [0.4, 0.5) is 0 Å². The van der Waals surface area contributed by atoms with Gasteiger partial charge < -0.3 is 9.42 Å². The summed E-state index contributed by atoms with van der Waals surface area (Å²) >= 11 is 0. The molecule has 15 heavy (non-hydrogen) atoms. The van der Waals surface area contributed by atoms with Gasteiger partial charge in [-0.25, -0.2) is 9.36 Å². The van der Waals surface area contributed by atoms with Crippen molar-refractivity contribution in [1.29, 1.82) is 0 Å². The zero-order valence-electron chi connectivity index (χ0n) is 7.79. The van der Waals surface area contributed by atoms with Crippen molar-refractivity contribution in [2.75, 3.05) is 6.16 Å². The van der Waals surface area contributed by atoms with Crippen molar-refractivity contribution in [1.82, 2.24) is 0 Å². The van der Waals surface area contributed by atoms with Gasteiger partial charge in [-0.05, 0) is 5.56 Å². The molecule has 0 aliphatic carbocycles. The van der Waals surface area contributed by atoms with E-state index in [-0.39, 0.29) is 6.16 Å². The highest BCUT2D eigenvalue weighted by Crippen LogP contribution is 2.46. The molecule has 2 rings (SSSR count). The molecule has 4 nitrogen and oxygen atoms in total. The smallest absolute Gasteiger partial charge is 0.382 e. The Balaban J connectivity index is 2.37. The molecular weight excluding hydrogens is 215 g/mol. The molecule has 1 aromatic rings. The van der Waals surface area contributed by atoms with E-state index in [4.69, 9.17) is 4.89 Å². The Morgan fingerprint density at radius 3 is 2.53 bits per heavy atom. The standard InChI is InChI=1S/C10H9O4P/c11-10-9(6-7-15(12,13)14-10)8-4-2-1-3-5-8/h1-6H,7H2,(H,12,13). The lowest BCUT2D eigenvalue weighted by atomic mass is 10.1. The van der Waals surface area contributed by atoms with Gasteiger partial charge in [-0.2, -0.15) is 0 Å². The molecular formula is C10H9O4P. The second-order valence-electron chi connectivity index (χ2n) is 3.18. The van der Waals surface area contributed by atoms with Gasteiger partial charge in [0.1, 0.15) is 0 Å². The van der Waals surface area contributed by atoms with Crippen molar-refractivity contribution in [3.05, 3.63) is 42.0 Å². The Bertz CT molecular complexity index is 464. The summed E-state index contributed by atoms with van der Waals surface area (Å²) in [6.07, 6.45) is 1.32. The van der Waals surface area contributed by atoms with Crippen molar-refractivity contribution in [2.45, 2.75) is 0 Å². The first kappa shape index (κ1) is 10.1. The Labute approximate surface area is 86.7 Å². The lowest BCUT2D eigenvalue weighted by molar-refractivity contribution is -0.128. The van der Waals surface area contributed by atoms with Crippen LogP contribution < -0.4 is 0 Å². The highest BCUT2D eigenvalue weighted by molar-refractivity contribution is 7.53. The van der Waals surface area contributed by atoms with Gasteiger partial charge in [-0.15, -0.1) is 0 Å². The summed E-state index contributed by atoms with van der Waals surface area (Å²) in [6, 6.07) is 8.91. The van der Waals surface area contributed by atoms with E-state index in [0.29, 0.717) is 11.1 Å². The fraction of sp³-hybridized carbons (Fsp3) is 0.100. The molecule has 0 saturated heterocycles. The van der Waals surface area contributed by atoms with Gasteiger partial charge >= 0.3 is 13.6 Å². The number of benzene rings is 1. The summed E-state index contributed by atoms with van der Waals surface area (Å²) in [4.78, 5) is 20.5. The third-order valence-corrected chi connectivity index (χ3v) is 3.15. The molecule has 1 aliphatic rings. The summed E-state index contributed by atoms with van der Waals surface area (Å²) in [5, 5.41) is 0. The first-order valence-electron chi connectivity index (χ1n) is 4.40. The molecule has 78 valence electrons. The molecule has 0 radical (unpaired) electrons. The van der Waals surface area contributed by atoms with E-state index in [1.54, 1.807) is 24.3 Å². The number of allylic oxidation sites excluding steroid dienone is 1. The highest BCUT2D eigenvalue weighted by atomic mass is 31.2. The molecule has 1 heterocycles. The fourth-order valence-electron chi connectivity index (χ4n) is 1.36. The van der Waals surface area contributed by atoms with Gasteiger partial charge in [0.15, 0.2) is 0 Å². The average Bonchev–Trinajstić information content (AvgIpc) is 2.17. The SMILES string of the molecule is O=C1OP(=O)(O)CC=C1c1ccccc1. The number of carbonyl (C=O) groups is 1. The van der Waals surface area contributed by atoms with Crippen LogP contribution in [-0.2, 0) is 13.9 Å². The van der Waals surface area contributed by atoms with E-state index in [1.807, 2.05) is 6.07 Å². The molecule has 5 heteroatoms. The van der Waals surface area contributed by atoms with Gasteiger partial charge in [0.05, 0.1) is 11.7 Å². The topological polar surface area (TPSA) is 63.6 Å². The second kappa shape index (κ2) is 3.65. The fourth-order valence-corrected chi connectivity index (χ4v) is 2.20. The number of hydrogen-bond donors (Lipinski definition) is 1. The van der Waals surface area contributed by atoms with Gasteiger partial charge in [0.25, 0.3) is 0 Å². The molecule has 0 fully saturated rings. The van der Waals surface area contributed by atoms with Crippen LogP contribution in [0.1, 0.15) is 5.56 Å². The maximum atomic E-state index is 11.4. The second-order valence-corrected chi connectivity index (χ2v) is 5.01. The Kier molecular flexibility index (Phi) is 2.47. The molecule has 1 unspecified atom stereocenters. The van der Waals surface area contributed by atoms with Crippen LogP contribution in [0.5, 0.6) is 0 Å². The van der Waals surface area contributed by atoms with E-state index in [2.05, 4.69) is 4.52 Å². The van der Waals surface area contributed by atoms with Crippen molar-refractivity contribution < 1.29 is 18.8 Å². The van der Waals surface area contributed by atoms with Crippen LogP contribution >= 0.6 is 7.60 Å². The third-order valence-electron chi connectivity index (χ3n) is 2.06. The summed E-state index contributed by atoms with van der Waals surface area (Å²) in [5.74, 6) is -0.738. The normalized spacial score (nSPS) is 25.7. The van der Waals surface area contributed by atoms with Gasteiger partial charge in [-0.1, -0.05) is 36.4 Å². The molecule has 0 bridgehead atoms. The minimum absolute atomic E-state index is 0.122. The summed E-state index contributed by atoms with van der Waals surface area (Å²) in [7, 11) is -3.73. The molecule has 0 saturated carbocycles. The molecule has 0 spiro atoms. The zero-order chi connectivity index (χ0) is 10.9. The monoisotopic (exact) mass is 224 g/mol. The van der Waals surface area contributed by atoms with E-state index < -0.39 is 13.6 Å². The highest BCUT2D eigenvalue weighted by Gasteiger charge is 2.30. The Morgan fingerprint density at radius 2 is 1.93 bits per heavy atom. The number of carbonyl (C=O) groups excluding carboxylic acids is 1. The van der Waals surface area contributed by atoms with Crippen LogP contribution in [0.2, 0.25) is 0 Å². The van der Waals surface area contributed by atoms with Crippen LogP contribution in [0.3, 0.4) is 0 Å². The summed E-state index contributed by atoms with van der Waals surface area (Å²) in [6.45, 7) is 0. The van der Waals surface area contributed by atoms with E-state index in [0.717, 1.165) is 0 Å². The predicted octanol–water partition coefficient (Wildman–Crippen LogP) is 1.81. The molecule has 0 aromatic heterocycles. The van der Waals surface area contributed by atoms with Gasteiger partial charge in [-0.3, -0.25) is 0 Å². The van der Waals surface area contributed by atoms with E-state index >= 15 is 0 Å². The van der Waals surface area contributed by atoms with Crippen molar-refractivity contribution in [3.8, 4) is 0 Å². The van der Waals surface area contributed by atoms with E-state index in [1.165, 1.54) is 6.08 Å². The number of rotatable bonds is 1. The van der Waals surface area contributed by atoms with Crippen molar-refractivity contribution in [3.63, 3.8) is 0 Å². The van der Waals surface area contributed by atoms with Crippen molar-refractivity contribution in [2.24, 2.45) is 0 Å². The lowest BCUT2D eigenvalue weighted by Gasteiger charge is -2.17. The predicted molar refractivity (Wildman–Crippen MR) is 55.2 cm³/mol.